The number of carbonyl (C=O) groups is 4. The van der Waals surface area contributed by atoms with Gasteiger partial charge in [0.2, 0.25) is 5.91 Å². The van der Waals surface area contributed by atoms with Gasteiger partial charge in [-0.15, -0.1) is 0 Å². The van der Waals surface area contributed by atoms with E-state index in [0.717, 1.165) is 96.3 Å². The molecule has 1 amide bonds. The van der Waals surface area contributed by atoms with Gasteiger partial charge in [-0.25, -0.2) is 0 Å². The van der Waals surface area contributed by atoms with E-state index in [4.69, 9.17) is 20.3 Å². The fourth-order valence-corrected chi connectivity index (χ4v) is 8.16. The summed E-state index contributed by atoms with van der Waals surface area (Å²) in [5.74, 6) is -0.570. The predicted molar refractivity (Wildman–Crippen MR) is 208 cm³/mol. The van der Waals surface area contributed by atoms with Crippen LogP contribution in [0.1, 0.15) is 219 Å². The number of amides is 1. The zero-order valence-corrected chi connectivity index (χ0v) is 33.5. The molecule has 0 aromatic rings. The van der Waals surface area contributed by atoms with Crippen LogP contribution in [0.5, 0.6) is 0 Å². The zero-order valence-electron chi connectivity index (χ0n) is 33.5. The van der Waals surface area contributed by atoms with Gasteiger partial charge in [0.1, 0.15) is 0 Å². The maximum atomic E-state index is 11.9. The van der Waals surface area contributed by atoms with Crippen LogP contribution in [0.15, 0.2) is 0 Å². The minimum absolute atomic E-state index is 0.0379. The number of hydrogen-bond donors (Lipinski definition) is 2. The van der Waals surface area contributed by atoms with Crippen molar-refractivity contribution in [3.63, 3.8) is 0 Å². The molecular formula is C44H77NO7. The van der Waals surface area contributed by atoms with Crippen LogP contribution in [0.2, 0.25) is 0 Å². The second-order valence-corrected chi connectivity index (χ2v) is 17.3. The Bertz CT molecular complexity index is 986. The van der Waals surface area contributed by atoms with Crippen LogP contribution < -0.4 is 5.73 Å². The fourth-order valence-electron chi connectivity index (χ4n) is 8.16. The zero-order chi connectivity index (χ0) is 37.8. The molecule has 52 heavy (non-hydrogen) atoms. The lowest BCUT2D eigenvalue weighted by Crippen LogP contribution is -2.24. The van der Waals surface area contributed by atoms with Crippen molar-refractivity contribution in [3.05, 3.63) is 0 Å². The molecule has 4 fully saturated rings. The van der Waals surface area contributed by atoms with Crippen molar-refractivity contribution in [2.75, 3.05) is 13.2 Å². The summed E-state index contributed by atoms with van der Waals surface area (Å²) < 4.78 is 10.4. The summed E-state index contributed by atoms with van der Waals surface area (Å²) in [5.41, 5.74) is 4.83. The van der Waals surface area contributed by atoms with Gasteiger partial charge in [-0.1, -0.05) is 128 Å². The largest absolute Gasteiger partial charge is 0.481 e. The first kappa shape index (κ1) is 44.3. The van der Waals surface area contributed by atoms with Gasteiger partial charge in [-0.3, -0.25) is 19.2 Å². The highest BCUT2D eigenvalue weighted by atomic mass is 16.5. The molecule has 0 aromatic carbocycles. The molecule has 0 atom stereocenters. The SMILES string of the molecule is CCOC(=O)C1(CCCCCCCCCCCCC2(C(=O)O)CC2)CC1.CCOC(=O)C1(CCCCCCCCCCCCC2(C(N)=O)CC2)CC1. The van der Waals surface area contributed by atoms with Gasteiger partial charge in [-0.2, -0.15) is 0 Å². The fraction of sp³-hybridized carbons (Fsp3) is 0.909. The molecule has 4 aliphatic carbocycles. The van der Waals surface area contributed by atoms with Crippen molar-refractivity contribution in [1.29, 1.82) is 0 Å². The molecule has 4 aliphatic rings. The minimum Gasteiger partial charge on any atom is -0.481 e. The van der Waals surface area contributed by atoms with Crippen molar-refractivity contribution >= 4 is 23.8 Å². The highest BCUT2D eigenvalue weighted by Gasteiger charge is 2.51. The van der Waals surface area contributed by atoms with Gasteiger partial charge in [-0.05, 0) is 90.9 Å². The van der Waals surface area contributed by atoms with Gasteiger partial charge in [0.15, 0.2) is 0 Å². The second-order valence-electron chi connectivity index (χ2n) is 17.3. The molecule has 4 rings (SSSR count). The van der Waals surface area contributed by atoms with Crippen LogP contribution in [0.4, 0.5) is 0 Å². The Morgan fingerprint density at radius 3 is 0.865 bits per heavy atom. The van der Waals surface area contributed by atoms with E-state index in [1.54, 1.807) is 0 Å². The van der Waals surface area contributed by atoms with E-state index >= 15 is 0 Å². The Labute approximate surface area is 316 Å². The average Bonchev–Trinajstić information content (AvgIpc) is 3.94. The van der Waals surface area contributed by atoms with Crippen LogP contribution in [0.3, 0.4) is 0 Å². The van der Waals surface area contributed by atoms with Gasteiger partial charge < -0.3 is 20.3 Å². The van der Waals surface area contributed by atoms with Crippen LogP contribution in [-0.4, -0.2) is 42.1 Å². The van der Waals surface area contributed by atoms with Gasteiger partial charge >= 0.3 is 17.9 Å². The Kier molecular flexibility index (Phi) is 19.5. The maximum absolute atomic E-state index is 11.9. The van der Waals surface area contributed by atoms with Crippen LogP contribution in [-0.2, 0) is 28.7 Å². The minimum atomic E-state index is -0.577. The normalized spacial score (nSPS) is 19.1. The number of nitrogens with two attached hydrogens (primary N) is 1. The van der Waals surface area contributed by atoms with Crippen molar-refractivity contribution in [2.24, 2.45) is 27.4 Å². The van der Waals surface area contributed by atoms with E-state index in [1.165, 1.54) is 109 Å². The average molecular weight is 732 g/mol. The van der Waals surface area contributed by atoms with E-state index in [-0.39, 0.29) is 39.5 Å². The first-order chi connectivity index (χ1) is 25.1. The summed E-state index contributed by atoms with van der Waals surface area (Å²) in [5, 5.41) is 9.14. The van der Waals surface area contributed by atoms with E-state index in [9.17, 15) is 19.2 Å². The lowest BCUT2D eigenvalue weighted by molar-refractivity contribution is -0.150. The first-order valence-electron chi connectivity index (χ1n) is 22.0. The monoisotopic (exact) mass is 732 g/mol. The molecule has 0 saturated heterocycles. The number of ether oxygens (including phenoxy) is 2. The Hall–Kier alpha value is -2.12. The standard InChI is InChI=1S/C22H39NO3.C22H38O4/c2*1-2-26-20(25)22(17-18-22)14-12-10-8-6-4-3-5-7-9-11-13-21(15-16-21)19(23)24/h2-18H2,1H3,(H2,23,24);2-18H2,1H3,(H,23,24). The summed E-state index contributed by atoms with van der Waals surface area (Å²) in [6.45, 7) is 4.78. The third kappa shape index (κ3) is 15.7. The van der Waals surface area contributed by atoms with Crippen molar-refractivity contribution in [2.45, 2.75) is 219 Å². The van der Waals surface area contributed by atoms with Crippen molar-refractivity contribution in [3.8, 4) is 0 Å². The number of primary amides is 1. The van der Waals surface area contributed by atoms with Gasteiger partial charge in [0.05, 0.1) is 29.5 Å². The van der Waals surface area contributed by atoms with Crippen LogP contribution in [0, 0.1) is 21.7 Å². The Balaban J connectivity index is 0.000000280. The maximum Gasteiger partial charge on any atom is 0.312 e. The van der Waals surface area contributed by atoms with Gasteiger partial charge in [0, 0.05) is 5.41 Å². The molecule has 0 unspecified atom stereocenters. The molecule has 300 valence electrons. The number of carboxylic acids is 1. The number of carbonyl (C=O) groups excluding carboxylic acids is 3. The summed E-state index contributed by atoms with van der Waals surface area (Å²) >= 11 is 0. The van der Waals surface area contributed by atoms with E-state index in [2.05, 4.69) is 0 Å². The molecule has 0 bridgehead atoms. The smallest absolute Gasteiger partial charge is 0.312 e. The molecule has 3 N–H and O–H groups in total. The number of esters is 2. The molecule has 8 heteroatoms. The van der Waals surface area contributed by atoms with E-state index in [1.807, 2.05) is 13.8 Å². The number of unbranched alkanes of at least 4 members (excludes halogenated alkanes) is 18. The predicted octanol–water partition coefficient (Wildman–Crippen LogP) is 11.2. The third-order valence-corrected chi connectivity index (χ3v) is 12.9. The summed E-state index contributed by atoms with van der Waals surface area (Å²) in [6.07, 6.45) is 36.9. The topological polar surface area (TPSA) is 133 Å². The lowest BCUT2D eigenvalue weighted by Gasteiger charge is -2.13. The third-order valence-electron chi connectivity index (χ3n) is 12.9. The Morgan fingerprint density at radius 1 is 0.423 bits per heavy atom. The van der Waals surface area contributed by atoms with Crippen molar-refractivity contribution in [1.82, 2.24) is 0 Å². The quantitative estimate of drug-likeness (QED) is 0.0519. The van der Waals surface area contributed by atoms with Crippen molar-refractivity contribution < 1.29 is 33.8 Å². The highest BCUT2D eigenvalue weighted by molar-refractivity contribution is 5.83. The summed E-state index contributed by atoms with van der Waals surface area (Å²) in [4.78, 5) is 46.2. The molecule has 0 aliphatic heterocycles. The second kappa shape index (κ2) is 22.9. The van der Waals surface area contributed by atoms with E-state index in [0.29, 0.717) is 13.2 Å². The number of rotatable bonds is 32. The molecule has 0 heterocycles. The Morgan fingerprint density at radius 2 is 0.654 bits per heavy atom. The number of carboxylic acid groups (broad SMARTS) is 1. The molecule has 0 aromatic heterocycles. The van der Waals surface area contributed by atoms with Crippen LogP contribution >= 0.6 is 0 Å². The summed E-state index contributed by atoms with van der Waals surface area (Å²) in [6, 6.07) is 0. The van der Waals surface area contributed by atoms with E-state index < -0.39 is 5.97 Å². The molecule has 0 radical (unpaired) electrons. The summed E-state index contributed by atoms with van der Waals surface area (Å²) in [7, 11) is 0. The number of hydrogen-bond acceptors (Lipinski definition) is 6. The molecule has 8 nitrogen and oxygen atoms in total. The lowest BCUT2D eigenvalue weighted by atomic mass is 9.96. The molecule has 0 spiro atoms. The molecule has 4 saturated carbocycles. The highest BCUT2D eigenvalue weighted by Crippen LogP contribution is 2.52. The molecular weight excluding hydrogens is 654 g/mol. The van der Waals surface area contributed by atoms with Gasteiger partial charge in [0.25, 0.3) is 0 Å². The first-order valence-corrected chi connectivity index (χ1v) is 22.0. The van der Waals surface area contributed by atoms with Crippen LogP contribution in [0.25, 0.3) is 0 Å². The number of aliphatic carboxylic acids is 1.